The van der Waals surface area contributed by atoms with Crippen LogP contribution >= 0.6 is 0 Å². The zero-order valence-electron chi connectivity index (χ0n) is 18.1. The first-order valence-corrected chi connectivity index (χ1v) is 10.2. The second-order valence-corrected chi connectivity index (χ2v) is 7.17. The molecule has 0 N–H and O–H groups in total. The molecule has 0 aliphatic carbocycles. The van der Waals surface area contributed by atoms with Crippen molar-refractivity contribution in [2.75, 3.05) is 7.11 Å². The first-order valence-electron chi connectivity index (χ1n) is 10.2. The van der Waals surface area contributed by atoms with Gasteiger partial charge in [-0.1, -0.05) is 44.9 Å². The van der Waals surface area contributed by atoms with E-state index in [9.17, 15) is 4.79 Å². The molecule has 3 unspecified atom stereocenters. The minimum absolute atomic E-state index is 0.0199. The predicted molar refractivity (Wildman–Crippen MR) is 118 cm³/mol. The van der Waals surface area contributed by atoms with Gasteiger partial charge in [-0.3, -0.25) is 9.78 Å². The van der Waals surface area contributed by atoms with Gasteiger partial charge in [0, 0.05) is 31.2 Å². The molecular weight excluding hydrogens is 362 g/mol. The number of hydrazone groups is 1. The quantitative estimate of drug-likeness (QED) is 0.479. The van der Waals surface area contributed by atoms with E-state index in [-0.39, 0.29) is 23.8 Å². The second kappa shape index (κ2) is 10.6. The summed E-state index contributed by atoms with van der Waals surface area (Å²) in [5.74, 6) is 3.45. The van der Waals surface area contributed by atoms with Gasteiger partial charge >= 0.3 is 0 Å². The van der Waals surface area contributed by atoms with E-state index in [1.54, 1.807) is 31.4 Å². The van der Waals surface area contributed by atoms with E-state index in [4.69, 9.17) is 16.3 Å². The van der Waals surface area contributed by atoms with Crippen LogP contribution in [-0.4, -0.2) is 34.8 Å². The van der Waals surface area contributed by atoms with Crippen molar-refractivity contribution in [2.45, 2.75) is 53.0 Å². The number of rotatable bonds is 8. The van der Waals surface area contributed by atoms with Crippen LogP contribution in [0.3, 0.4) is 0 Å². The maximum absolute atomic E-state index is 12.5. The second-order valence-electron chi connectivity index (χ2n) is 7.17. The summed E-state index contributed by atoms with van der Waals surface area (Å²) in [5, 5.41) is 6.29. The molecule has 29 heavy (non-hydrogen) atoms. The van der Waals surface area contributed by atoms with Crippen LogP contribution in [0.15, 0.2) is 47.4 Å². The molecule has 0 radical (unpaired) electrons. The Hall–Kier alpha value is -2.87. The van der Waals surface area contributed by atoms with Crippen molar-refractivity contribution in [3.63, 3.8) is 0 Å². The molecule has 1 aromatic heterocycles. The Kier molecular flexibility index (Phi) is 8.21. The van der Waals surface area contributed by atoms with Gasteiger partial charge in [-0.2, -0.15) is 5.10 Å². The molecule has 1 amide bonds. The van der Waals surface area contributed by atoms with Crippen molar-refractivity contribution in [1.82, 2.24) is 9.99 Å². The normalized spacial score (nSPS) is 20.5. The summed E-state index contributed by atoms with van der Waals surface area (Å²) >= 11 is 0. The van der Waals surface area contributed by atoms with Crippen LogP contribution in [0.1, 0.15) is 52.5 Å². The Bertz CT molecular complexity index is 848. The number of carbonyl (C=O) groups excluding carboxylic acids is 1. The number of terminal acetylenes is 1. The van der Waals surface area contributed by atoms with Crippen LogP contribution in [0.5, 0.6) is 5.75 Å². The van der Waals surface area contributed by atoms with Crippen LogP contribution in [0.4, 0.5) is 0 Å². The van der Waals surface area contributed by atoms with E-state index in [0.29, 0.717) is 5.75 Å². The Morgan fingerprint density at radius 2 is 2.17 bits per heavy atom. The Morgan fingerprint density at radius 3 is 2.76 bits per heavy atom. The number of nitrogens with zero attached hydrogens (tertiary/aromatic N) is 3. The fourth-order valence-corrected chi connectivity index (χ4v) is 3.64. The van der Waals surface area contributed by atoms with Crippen LogP contribution < -0.4 is 4.74 Å². The van der Waals surface area contributed by atoms with E-state index in [1.807, 2.05) is 6.07 Å². The molecule has 0 saturated heterocycles. The van der Waals surface area contributed by atoms with Gasteiger partial charge in [-0.05, 0) is 30.9 Å². The molecule has 1 aromatic rings. The molecule has 2 rings (SSSR count). The van der Waals surface area contributed by atoms with Gasteiger partial charge in [-0.25, -0.2) is 5.01 Å². The third-order valence-corrected chi connectivity index (χ3v) is 5.19. The molecule has 154 valence electrons. The highest BCUT2D eigenvalue weighted by Gasteiger charge is 2.39. The van der Waals surface area contributed by atoms with Gasteiger partial charge < -0.3 is 4.74 Å². The van der Waals surface area contributed by atoms with Crippen molar-refractivity contribution in [3.05, 3.63) is 47.8 Å². The Morgan fingerprint density at radius 1 is 1.41 bits per heavy atom. The fraction of sp³-hybridized carbons (Fsp3) is 0.458. The number of hydrogen-bond donors (Lipinski definition) is 0. The van der Waals surface area contributed by atoms with Gasteiger partial charge in [0.05, 0.1) is 24.4 Å². The van der Waals surface area contributed by atoms with Gasteiger partial charge in [0.1, 0.15) is 5.75 Å². The van der Waals surface area contributed by atoms with Crippen molar-refractivity contribution >= 4 is 11.6 Å². The van der Waals surface area contributed by atoms with Gasteiger partial charge in [0.2, 0.25) is 5.91 Å². The highest BCUT2D eigenvalue weighted by molar-refractivity contribution is 6.06. The molecule has 0 bridgehead atoms. The van der Waals surface area contributed by atoms with Crippen LogP contribution in [-0.2, 0) is 4.79 Å². The molecule has 1 aliphatic heterocycles. The van der Waals surface area contributed by atoms with Gasteiger partial charge in [0.15, 0.2) is 0 Å². The first kappa shape index (κ1) is 22.4. The van der Waals surface area contributed by atoms with Crippen molar-refractivity contribution in [2.24, 2.45) is 16.9 Å². The van der Waals surface area contributed by atoms with Crippen molar-refractivity contribution in [3.8, 4) is 18.1 Å². The standard InChI is InChI=1S/C24H31N3O2/c1-7-10-11-12-20(15-19(8-2)9-3)24-17(4)23(26-27(24)18(5)28)21-16-25-14-13-22(21)29-6/h2,10-11,13-17,19,24H,7,9,12H2,1,3-6H3/b11-10-,20-15+. The number of methoxy groups -OCH3 is 1. The summed E-state index contributed by atoms with van der Waals surface area (Å²) in [7, 11) is 1.62. The molecule has 2 heterocycles. The first-order chi connectivity index (χ1) is 14.0. The van der Waals surface area contributed by atoms with E-state index in [2.05, 4.69) is 49.9 Å². The van der Waals surface area contributed by atoms with E-state index in [1.165, 1.54) is 0 Å². The summed E-state index contributed by atoms with van der Waals surface area (Å²) < 4.78 is 5.50. The minimum Gasteiger partial charge on any atom is -0.496 e. The molecule has 0 saturated carbocycles. The molecule has 5 nitrogen and oxygen atoms in total. The largest absolute Gasteiger partial charge is 0.496 e. The van der Waals surface area contributed by atoms with Crippen LogP contribution in [0.2, 0.25) is 0 Å². The number of pyridine rings is 1. The number of amides is 1. The maximum Gasteiger partial charge on any atom is 0.240 e. The smallest absolute Gasteiger partial charge is 0.240 e. The van der Waals surface area contributed by atoms with Gasteiger partial charge in [0.25, 0.3) is 0 Å². The van der Waals surface area contributed by atoms with Crippen molar-refractivity contribution < 1.29 is 9.53 Å². The number of aromatic nitrogens is 1. The molecule has 0 fully saturated rings. The summed E-state index contributed by atoms with van der Waals surface area (Å²) in [6.07, 6.45) is 18.1. The molecule has 3 atom stereocenters. The highest BCUT2D eigenvalue weighted by Crippen LogP contribution is 2.35. The van der Waals surface area contributed by atoms with E-state index < -0.39 is 0 Å². The Balaban J connectivity index is 2.52. The third kappa shape index (κ3) is 5.14. The minimum atomic E-state index is -0.184. The van der Waals surface area contributed by atoms with Crippen LogP contribution in [0, 0.1) is 24.2 Å². The van der Waals surface area contributed by atoms with Crippen molar-refractivity contribution in [1.29, 1.82) is 0 Å². The number of carbonyl (C=O) groups is 1. The molecule has 5 heteroatoms. The molecule has 0 aromatic carbocycles. The van der Waals surface area contributed by atoms with E-state index in [0.717, 1.165) is 36.1 Å². The molecule has 1 aliphatic rings. The zero-order chi connectivity index (χ0) is 21.4. The Labute approximate surface area is 174 Å². The number of allylic oxidation sites excluding steroid dienone is 3. The summed E-state index contributed by atoms with van der Waals surface area (Å²) in [6.45, 7) is 7.81. The lowest BCUT2D eigenvalue weighted by Crippen LogP contribution is -2.37. The lowest BCUT2D eigenvalue weighted by atomic mass is 9.85. The average molecular weight is 394 g/mol. The number of ether oxygens (including phenoxy) is 1. The van der Waals surface area contributed by atoms with Crippen LogP contribution in [0.25, 0.3) is 0 Å². The monoisotopic (exact) mass is 393 g/mol. The lowest BCUT2D eigenvalue weighted by molar-refractivity contribution is -0.130. The fourth-order valence-electron chi connectivity index (χ4n) is 3.64. The summed E-state index contributed by atoms with van der Waals surface area (Å²) in [5.41, 5.74) is 2.72. The highest BCUT2D eigenvalue weighted by atomic mass is 16.5. The zero-order valence-corrected chi connectivity index (χ0v) is 18.1. The maximum atomic E-state index is 12.5. The van der Waals surface area contributed by atoms with Gasteiger partial charge in [-0.15, -0.1) is 6.42 Å². The summed E-state index contributed by atoms with van der Waals surface area (Å²) in [4.78, 5) is 16.7. The summed E-state index contributed by atoms with van der Waals surface area (Å²) in [6, 6.07) is 1.62. The van der Waals surface area contributed by atoms with E-state index >= 15 is 0 Å². The molecular formula is C24H31N3O2. The topological polar surface area (TPSA) is 54.8 Å². The average Bonchev–Trinajstić information content (AvgIpc) is 3.08. The predicted octanol–water partition coefficient (Wildman–Crippen LogP) is 4.60. The SMILES string of the molecule is C#CC(/C=C(\C/C=C\CC)C1C(C)C(c2cnccc2OC)=NN1C(C)=O)CC. The number of hydrogen-bond acceptors (Lipinski definition) is 4. The molecule has 0 spiro atoms. The lowest BCUT2D eigenvalue weighted by Gasteiger charge is -2.27. The third-order valence-electron chi connectivity index (χ3n) is 5.19.